The first-order valence-electron chi connectivity index (χ1n) is 29.5. The van der Waals surface area contributed by atoms with Crippen molar-refractivity contribution in [2.24, 2.45) is 0 Å². The van der Waals surface area contributed by atoms with Crippen molar-refractivity contribution in [2.75, 3.05) is 26.4 Å². The third-order valence-electron chi connectivity index (χ3n) is 12.3. The first-order valence-corrected chi connectivity index (χ1v) is 31.0. The Hall–Kier alpha value is -3.34. The molecule has 11 nitrogen and oxygen atoms in total. The maximum atomic E-state index is 12.9. The van der Waals surface area contributed by atoms with Gasteiger partial charge in [0.1, 0.15) is 12.7 Å². The van der Waals surface area contributed by atoms with E-state index in [0.29, 0.717) is 19.3 Å². The summed E-state index contributed by atoms with van der Waals surface area (Å²) in [4.78, 5) is 48.6. The fraction of sp³-hybridized carbons (Fsp3) is 0.726. The van der Waals surface area contributed by atoms with Crippen molar-refractivity contribution in [3.8, 4) is 0 Å². The van der Waals surface area contributed by atoms with Gasteiger partial charge in [0.15, 0.2) is 6.10 Å². The highest BCUT2D eigenvalue weighted by molar-refractivity contribution is 7.47. The zero-order valence-electron chi connectivity index (χ0n) is 47.0. The summed E-state index contributed by atoms with van der Waals surface area (Å²) >= 11 is 0. The zero-order chi connectivity index (χ0) is 54.1. The Morgan fingerprint density at radius 3 is 1.09 bits per heavy atom. The second-order valence-electron chi connectivity index (χ2n) is 19.4. The summed E-state index contributed by atoms with van der Waals surface area (Å²) in [6.45, 7) is 4.38. The van der Waals surface area contributed by atoms with Crippen LogP contribution in [0, 0.1) is 0 Å². The number of esters is 3. The highest BCUT2D eigenvalue weighted by Crippen LogP contribution is 2.43. The second-order valence-corrected chi connectivity index (χ2v) is 20.9. The Kier molecular flexibility index (Phi) is 53.4. The summed E-state index contributed by atoms with van der Waals surface area (Å²) in [5.41, 5.74) is 0. The molecular formula is C62H107O11P. The molecule has 0 aromatic rings. The van der Waals surface area contributed by atoms with Crippen LogP contribution in [0.3, 0.4) is 0 Å². The van der Waals surface area contributed by atoms with Crippen LogP contribution in [-0.2, 0) is 42.2 Å². The molecule has 0 aromatic carbocycles. The number of ether oxygens (including phenoxy) is 3. The highest BCUT2D eigenvalue weighted by atomic mass is 31.2. The molecule has 0 saturated carbocycles. The normalized spacial score (nSPS) is 14.0. The number of rotatable bonds is 54. The topological polar surface area (TPSA) is 155 Å². The van der Waals surface area contributed by atoms with Crippen LogP contribution in [0.25, 0.3) is 0 Å². The number of aliphatic hydroxyl groups is 1. The molecule has 0 spiro atoms. The van der Waals surface area contributed by atoms with Crippen LogP contribution in [0.1, 0.15) is 252 Å². The molecule has 0 saturated heterocycles. The van der Waals surface area contributed by atoms with Crippen molar-refractivity contribution in [3.63, 3.8) is 0 Å². The molecule has 0 bridgehead atoms. The van der Waals surface area contributed by atoms with E-state index >= 15 is 0 Å². The zero-order valence-corrected chi connectivity index (χ0v) is 47.9. The molecule has 0 amide bonds. The summed E-state index contributed by atoms with van der Waals surface area (Å²) in [7, 11) is -4.76. The molecule has 0 aromatic heterocycles. The number of carbonyl (C=O) groups excluding carboxylic acids is 3. The molecule has 0 aliphatic carbocycles. The SMILES string of the molecule is CC/C=C\C/C=C\C/C=C\C/C=C\CCCCCCCCC(=O)OCC(COP(=O)(O)OCC(CO)OC(=O)CCCCC/C=C\C/C=C\C/C=C\CC)OC(=O)CCCCCCCCCCCCCCCCC. The first-order chi connectivity index (χ1) is 36.2. The predicted octanol–water partition coefficient (Wildman–Crippen LogP) is 17.5. The van der Waals surface area contributed by atoms with Gasteiger partial charge < -0.3 is 24.2 Å². The lowest BCUT2D eigenvalue weighted by Gasteiger charge is -2.21. The summed E-state index contributed by atoms with van der Waals surface area (Å²) in [5.74, 6) is -1.51. The predicted molar refractivity (Wildman–Crippen MR) is 307 cm³/mol. The van der Waals surface area contributed by atoms with Gasteiger partial charge in [-0.1, -0.05) is 228 Å². The Morgan fingerprint density at radius 1 is 0.392 bits per heavy atom. The van der Waals surface area contributed by atoms with Crippen molar-refractivity contribution >= 4 is 25.7 Å². The largest absolute Gasteiger partial charge is 0.472 e. The smallest absolute Gasteiger partial charge is 0.462 e. The Balaban J connectivity index is 4.75. The molecule has 0 rings (SSSR count). The molecule has 0 aliphatic rings. The van der Waals surface area contributed by atoms with Crippen molar-refractivity contribution in [3.05, 3.63) is 85.1 Å². The number of phosphoric acid groups is 1. The molecular weight excluding hydrogens is 952 g/mol. The lowest BCUT2D eigenvalue weighted by atomic mass is 10.0. The molecule has 3 atom stereocenters. The van der Waals surface area contributed by atoms with Crippen LogP contribution < -0.4 is 0 Å². The van der Waals surface area contributed by atoms with Crippen LogP contribution >= 0.6 is 7.82 Å². The Bertz CT molecular complexity index is 1560. The molecule has 0 fully saturated rings. The third-order valence-corrected chi connectivity index (χ3v) is 13.3. The van der Waals surface area contributed by atoms with E-state index in [1.54, 1.807) is 0 Å². The van der Waals surface area contributed by atoms with E-state index < -0.39 is 57.8 Å². The van der Waals surface area contributed by atoms with Crippen LogP contribution in [0.5, 0.6) is 0 Å². The maximum absolute atomic E-state index is 12.9. The Morgan fingerprint density at radius 2 is 0.703 bits per heavy atom. The minimum atomic E-state index is -4.76. The monoisotopic (exact) mass is 1060 g/mol. The number of phosphoric ester groups is 1. The minimum absolute atomic E-state index is 0.139. The van der Waals surface area contributed by atoms with Gasteiger partial charge in [-0.3, -0.25) is 23.4 Å². The highest BCUT2D eigenvalue weighted by Gasteiger charge is 2.28. The second kappa shape index (κ2) is 55.9. The fourth-order valence-electron chi connectivity index (χ4n) is 7.89. The van der Waals surface area contributed by atoms with Gasteiger partial charge in [0.25, 0.3) is 0 Å². The standard InChI is InChI=1S/C62H107O11P/c1-4-7-10-13-16-19-22-25-27-28-29-30-32-34-36-39-42-45-48-51-60(64)69-55-59(73-62(66)53-50-47-44-41-38-35-31-26-23-20-17-14-11-8-5-2)57-71-74(67,68)70-56-58(54-63)72-61(65)52-49-46-43-40-37-33-24-21-18-15-12-9-6-3/h7,9-10,12,16,18-19,21,25,27,29-30,33,37,58-59,63H,4-6,8,11,13-15,17,20,22-24,26,28,31-32,34-36,38-57H2,1-3H3,(H,67,68)/b10-7-,12-9-,19-16-,21-18-,27-25-,30-29-,37-33-. The molecule has 0 aliphatic heterocycles. The molecule has 12 heteroatoms. The number of allylic oxidation sites excluding steroid dienone is 14. The minimum Gasteiger partial charge on any atom is -0.462 e. The van der Waals surface area contributed by atoms with Gasteiger partial charge in [-0.15, -0.1) is 0 Å². The van der Waals surface area contributed by atoms with E-state index in [1.165, 1.54) is 70.6 Å². The summed E-state index contributed by atoms with van der Waals surface area (Å²) in [6.07, 6.45) is 64.0. The van der Waals surface area contributed by atoms with E-state index in [2.05, 4.69) is 106 Å². The molecule has 0 radical (unpaired) electrons. The van der Waals surface area contributed by atoms with Gasteiger partial charge in [0.2, 0.25) is 0 Å². The van der Waals surface area contributed by atoms with Gasteiger partial charge in [-0.2, -0.15) is 0 Å². The summed E-state index contributed by atoms with van der Waals surface area (Å²) < 4.78 is 39.5. The van der Waals surface area contributed by atoms with E-state index in [1.807, 2.05) is 0 Å². The number of aliphatic hydroxyl groups excluding tert-OH is 1. The van der Waals surface area contributed by atoms with Gasteiger partial charge >= 0.3 is 25.7 Å². The van der Waals surface area contributed by atoms with Crippen LogP contribution in [0.15, 0.2) is 85.1 Å². The number of hydrogen-bond donors (Lipinski definition) is 2. The average Bonchev–Trinajstić information content (AvgIpc) is 3.39. The molecule has 3 unspecified atom stereocenters. The van der Waals surface area contributed by atoms with Crippen molar-refractivity contribution in [1.29, 1.82) is 0 Å². The Labute approximate surface area is 451 Å². The fourth-order valence-corrected chi connectivity index (χ4v) is 8.68. The van der Waals surface area contributed by atoms with Crippen molar-refractivity contribution in [1.82, 2.24) is 0 Å². The number of carbonyl (C=O) groups is 3. The van der Waals surface area contributed by atoms with E-state index in [0.717, 1.165) is 122 Å². The average molecular weight is 1060 g/mol. The number of unbranched alkanes of at least 4 members (excludes halogenated alkanes) is 23. The van der Waals surface area contributed by atoms with Crippen LogP contribution in [0.2, 0.25) is 0 Å². The van der Waals surface area contributed by atoms with Crippen molar-refractivity contribution < 1.29 is 52.2 Å². The summed E-state index contributed by atoms with van der Waals surface area (Å²) in [5, 5.41) is 9.80. The maximum Gasteiger partial charge on any atom is 0.472 e. The molecule has 426 valence electrons. The van der Waals surface area contributed by atoms with E-state index in [-0.39, 0.29) is 25.9 Å². The van der Waals surface area contributed by atoms with Gasteiger partial charge in [0, 0.05) is 19.3 Å². The molecule has 0 heterocycles. The van der Waals surface area contributed by atoms with Crippen LogP contribution in [-0.4, -0.2) is 66.5 Å². The van der Waals surface area contributed by atoms with E-state index in [4.69, 9.17) is 23.3 Å². The lowest BCUT2D eigenvalue weighted by molar-refractivity contribution is -0.161. The van der Waals surface area contributed by atoms with Gasteiger partial charge in [0.05, 0.1) is 19.8 Å². The number of hydrogen-bond acceptors (Lipinski definition) is 10. The van der Waals surface area contributed by atoms with Crippen molar-refractivity contribution in [2.45, 2.75) is 264 Å². The quantitative estimate of drug-likeness (QED) is 0.0197. The van der Waals surface area contributed by atoms with Crippen LogP contribution in [0.4, 0.5) is 0 Å². The molecule has 2 N–H and O–H groups in total. The lowest BCUT2D eigenvalue weighted by Crippen LogP contribution is -2.30. The van der Waals surface area contributed by atoms with E-state index in [9.17, 15) is 28.9 Å². The summed E-state index contributed by atoms with van der Waals surface area (Å²) in [6, 6.07) is 0. The van der Waals surface area contributed by atoms with Gasteiger partial charge in [-0.25, -0.2) is 4.57 Å². The third kappa shape index (κ3) is 53.5. The van der Waals surface area contributed by atoms with Gasteiger partial charge in [-0.05, 0) is 89.9 Å². The molecule has 74 heavy (non-hydrogen) atoms. The first kappa shape index (κ1) is 70.7.